The molecule has 0 unspecified atom stereocenters. The Morgan fingerprint density at radius 3 is 3.07 bits per heavy atom. The van der Waals surface area contributed by atoms with E-state index in [0.29, 0.717) is 0 Å². The van der Waals surface area contributed by atoms with E-state index in [2.05, 4.69) is 21.7 Å². The summed E-state index contributed by atoms with van der Waals surface area (Å²) in [7, 11) is 0. The van der Waals surface area contributed by atoms with E-state index in [1.165, 1.54) is 28.6 Å². The maximum Gasteiger partial charge on any atom is 0.123 e. The fourth-order valence-electron chi connectivity index (χ4n) is 2.34. The lowest BCUT2D eigenvalue weighted by Crippen LogP contribution is -2.26. The Hall–Kier alpha value is -0.930. The third kappa shape index (κ3) is 1.66. The first kappa shape index (κ1) is 9.31. The van der Waals surface area contributed by atoms with Crippen molar-refractivity contribution in [2.75, 3.05) is 13.1 Å². The van der Waals surface area contributed by atoms with Gasteiger partial charge in [-0.1, -0.05) is 6.07 Å². The Morgan fingerprint density at radius 2 is 2.20 bits per heavy atom. The van der Waals surface area contributed by atoms with Crippen molar-refractivity contribution in [2.24, 2.45) is 0 Å². The van der Waals surface area contributed by atoms with Gasteiger partial charge < -0.3 is 5.32 Å². The number of nitrogens with zero attached hydrogens (tertiary/aromatic N) is 1. The zero-order valence-electron chi connectivity index (χ0n) is 8.57. The molecule has 0 spiro atoms. The fourth-order valence-corrected chi connectivity index (χ4v) is 3.33. The third-order valence-electron chi connectivity index (χ3n) is 3.16. The highest BCUT2D eigenvalue weighted by atomic mass is 32.1. The molecule has 15 heavy (non-hydrogen) atoms. The first-order chi connectivity index (χ1) is 7.45. The van der Waals surface area contributed by atoms with Crippen LogP contribution in [0.25, 0.3) is 10.2 Å². The molecule has 78 valence electrons. The molecule has 0 saturated carbocycles. The van der Waals surface area contributed by atoms with Gasteiger partial charge in [-0.25, -0.2) is 4.98 Å². The summed E-state index contributed by atoms with van der Waals surface area (Å²) in [5, 5.41) is 7.08. The van der Waals surface area contributed by atoms with Crippen molar-refractivity contribution in [3.05, 3.63) is 29.3 Å². The molecule has 2 aromatic heterocycles. The number of hydrogen-bond donors (Lipinski definition) is 1. The molecular formula is C12H14N2S. The van der Waals surface area contributed by atoms with Gasteiger partial charge in [-0.05, 0) is 48.9 Å². The van der Waals surface area contributed by atoms with Gasteiger partial charge in [-0.15, -0.1) is 11.3 Å². The molecule has 1 fully saturated rings. The molecule has 0 amide bonds. The Bertz CT molecular complexity index is 457. The zero-order valence-corrected chi connectivity index (χ0v) is 9.39. The Morgan fingerprint density at radius 1 is 1.33 bits per heavy atom. The van der Waals surface area contributed by atoms with Crippen LogP contribution in [-0.2, 0) is 0 Å². The molecule has 1 aliphatic rings. The molecule has 1 N–H and O–H groups in total. The van der Waals surface area contributed by atoms with E-state index in [-0.39, 0.29) is 0 Å². The third-order valence-corrected chi connectivity index (χ3v) is 4.08. The molecular weight excluding hydrogens is 204 g/mol. The lowest BCUT2D eigenvalue weighted by Gasteiger charge is -2.22. The molecule has 0 atom stereocenters. The van der Waals surface area contributed by atoms with Gasteiger partial charge in [-0.2, -0.15) is 0 Å². The topological polar surface area (TPSA) is 24.9 Å². The van der Waals surface area contributed by atoms with Crippen LogP contribution in [0.3, 0.4) is 0 Å². The number of rotatable bonds is 1. The van der Waals surface area contributed by atoms with Gasteiger partial charge in [0.25, 0.3) is 0 Å². The number of aromatic nitrogens is 1. The van der Waals surface area contributed by atoms with Crippen LogP contribution < -0.4 is 5.32 Å². The molecule has 3 rings (SSSR count). The minimum atomic E-state index is 0.740. The highest BCUT2D eigenvalue weighted by Gasteiger charge is 2.18. The zero-order chi connectivity index (χ0) is 10.1. The molecule has 0 radical (unpaired) electrons. The van der Waals surface area contributed by atoms with E-state index in [0.717, 1.165) is 19.0 Å². The van der Waals surface area contributed by atoms with Crippen molar-refractivity contribution in [1.29, 1.82) is 0 Å². The number of hydrogen-bond acceptors (Lipinski definition) is 3. The fraction of sp³-hybridized carbons (Fsp3) is 0.417. The van der Waals surface area contributed by atoms with Crippen molar-refractivity contribution in [2.45, 2.75) is 18.8 Å². The second-order valence-corrected chi connectivity index (χ2v) is 4.93. The van der Waals surface area contributed by atoms with Gasteiger partial charge in [0.05, 0.1) is 0 Å². The number of thiophene rings is 1. The largest absolute Gasteiger partial charge is 0.317 e. The second kappa shape index (κ2) is 3.91. The lowest BCUT2D eigenvalue weighted by molar-refractivity contribution is 0.463. The number of nitrogens with one attached hydrogen (secondary N) is 1. The molecule has 3 heteroatoms. The van der Waals surface area contributed by atoms with Crippen LogP contribution in [0, 0.1) is 0 Å². The quantitative estimate of drug-likeness (QED) is 0.796. The van der Waals surface area contributed by atoms with Crippen LogP contribution in [-0.4, -0.2) is 18.1 Å². The average Bonchev–Trinajstić information content (AvgIpc) is 2.74. The normalized spacial score (nSPS) is 18.4. The lowest BCUT2D eigenvalue weighted by atomic mass is 9.90. The van der Waals surface area contributed by atoms with Gasteiger partial charge in [0, 0.05) is 11.6 Å². The van der Waals surface area contributed by atoms with E-state index < -0.39 is 0 Å². The molecule has 3 heterocycles. The first-order valence-corrected chi connectivity index (χ1v) is 6.36. The van der Waals surface area contributed by atoms with Crippen LogP contribution in [0.15, 0.2) is 23.7 Å². The van der Waals surface area contributed by atoms with Crippen molar-refractivity contribution >= 4 is 21.6 Å². The Balaban J connectivity index is 2.02. The Kier molecular flexibility index (Phi) is 2.43. The minimum absolute atomic E-state index is 0.740. The highest BCUT2D eigenvalue weighted by Crippen LogP contribution is 2.34. The monoisotopic (exact) mass is 218 g/mol. The number of fused-ring (bicyclic) bond motifs is 1. The molecule has 1 aliphatic heterocycles. The van der Waals surface area contributed by atoms with Crippen LogP contribution in [0.2, 0.25) is 0 Å². The van der Waals surface area contributed by atoms with Gasteiger partial charge >= 0.3 is 0 Å². The second-order valence-electron chi connectivity index (χ2n) is 4.07. The smallest absolute Gasteiger partial charge is 0.123 e. The van der Waals surface area contributed by atoms with E-state index in [9.17, 15) is 0 Å². The maximum atomic E-state index is 4.40. The number of piperidine rings is 1. The number of pyridine rings is 1. The summed E-state index contributed by atoms with van der Waals surface area (Å²) >= 11 is 1.78. The van der Waals surface area contributed by atoms with Gasteiger partial charge in [-0.3, -0.25) is 0 Å². The van der Waals surface area contributed by atoms with Crippen LogP contribution >= 0.6 is 11.3 Å². The summed E-state index contributed by atoms with van der Waals surface area (Å²) in [6.07, 6.45) is 4.41. The van der Waals surface area contributed by atoms with E-state index in [4.69, 9.17) is 0 Å². The highest BCUT2D eigenvalue weighted by molar-refractivity contribution is 7.16. The van der Waals surface area contributed by atoms with Gasteiger partial charge in [0.1, 0.15) is 4.83 Å². The molecule has 1 saturated heterocycles. The van der Waals surface area contributed by atoms with Gasteiger partial charge in [0.2, 0.25) is 0 Å². The average molecular weight is 218 g/mol. The van der Waals surface area contributed by atoms with Crippen LogP contribution in [0.1, 0.15) is 24.3 Å². The summed E-state index contributed by atoms with van der Waals surface area (Å²) in [5.74, 6) is 0.740. The van der Waals surface area contributed by atoms with E-state index in [1.54, 1.807) is 11.3 Å². The molecule has 0 bridgehead atoms. The standard InChI is InChI=1S/C12H14N2S/c1-2-10-11(8-15-12(10)14-5-1)9-3-6-13-7-4-9/h1-2,5,8-9,13H,3-4,6-7H2. The maximum absolute atomic E-state index is 4.40. The van der Waals surface area contributed by atoms with E-state index >= 15 is 0 Å². The van der Waals surface area contributed by atoms with Gasteiger partial charge in [0.15, 0.2) is 0 Å². The van der Waals surface area contributed by atoms with Crippen molar-refractivity contribution < 1.29 is 0 Å². The molecule has 2 aromatic rings. The SMILES string of the molecule is c1cnc2scc(C3CCNCC3)c2c1. The Labute approximate surface area is 93.3 Å². The summed E-state index contributed by atoms with van der Waals surface area (Å²) in [6, 6.07) is 4.25. The summed E-state index contributed by atoms with van der Waals surface area (Å²) in [4.78, 5) is 5.59. The molecule has 2 nitrogen and oxygen atoms in total. The van der Waals surface area contributed by atoms with Crippen molar-refractivity contribution in [1.82, 2.24) is 10.3 Å². The summed E-state index contributed by atoms with van der Waals surface area (Å²) in [5.41, 5.74) is 1.52. The van der Waals surface area contributed by atoms with Crippen LogP contribution in [0.4, 0.5) is 0 Å². The molecule has 0 aromatic carbocycles. The van der Waals surface area contributed by atoms with E-state index in [1.807, 2.05) is 12.3 Å². The summed E-state index contributed by atoms with van der Waals surface area (Å²) in [6.45, 7) is 2.31. The molecule has 0 aliphatic carbocycles. The minimum Gasteiger partial charge on any atom is -0.317 e. The van der Waals surface area contributed by atoms with Crippen LogP contribution in [0.5, 0.6) is 0 Å². The summed E-state index contributed by atoms with van der Waals surface area (Å²) < 4.78 is 0. The predicted molar refractivity (Wildman–Crippen MR) is 64.5 cm³/mol. The van der Waals surface area contributed by atoms with Crippen molar-refractivity contribution in [3.63, 3.8) is 0 Å². The first-order valence-electron chi connectivity index (χ1n) is 5.48. The van der Waals surface area contributed by atoms with Crippen molar-refractivity contribution in [3.8, 4) is 0 Å². The predicted octanol–water partition coefficient (Wildman–Crippen LogP) is 2.76.